The van der Waals surface area contributed by atoms with Crippen molar-refractivity contribution in [1.82, 2.24) is 0 Å². The summed E-state index contributed by atoms with van der Waals surface area (Å²) in [6.07, 6.45) is 5.48. The molecule has 25 heavy (non-hydrogen) atoms. The minimum Gasteiger partial charge on any atom is -0.396 e. The van der Waals surface area contributed by atoms with Gasteiger partial charge < -0.3 is 10.8 Å². The van der Waals surface area contributed by atoms with E-state index in [1.807, 2.05) is 12.1 Å². The Morgan fingerprint density at radius 1 is 1.04 bits per heavy atom. The molecule has 0 saturated heterocycles. The number of nitrogens with two attached hydrogens (primary N) is 1. The molecule has 1 aliphatic rings. The molecule has 1 amide bonds. The Bertz CT molecular complexity index is 768. The average molecular weight is 337 g/mol. The van der Waals surface area contributed by atoms with Gasteiger partial charge in [-0.3, -0.25) is 4.79 Å². The van der Waals surface area contributed by atoms with E-state index in [4.69, 9.17) is 10.8 Å². The van der Waals surface area contributed by atoms with Crippen molar-refractivity contribution >= 4 is 5.91 Å². The van der Waals surface area contributed by atoms with Gasteiger partial charge in [-0.05, 0) is 53.5 Å². The lowest BCUT2D eigenvalue weighted by molar-refractivity contribution is -0.122. The zero-order valence-corrected chi connectivity index (χ0v) is 14.9. The van der Waals surface area contributed by atoms with Crippen LogP contribution in [-0.4, -0.2) is 17.6 Å². The second-order valence-electron chi connectivity index (χ2n) is 6.94. The predicted molar refractivity (Wildman–Crippen MR) is 101 cm³/mol. The van der Waals surface area contributed by atoms with Gasteiger partial charge in [-0.1, -0.05) is 62.2 Å². The fraction of sp³-hybridized carbons (Fsp3) is 0.409. The number of aryl methyl sites for hydroxylation is 1. The Balaban J connectivity index is 2.13. The fourth-order valence-electron chi connectivity index (χ4n) is 4.34. The van der Waals surface area contributed by atoms with E-state index in [1.54, 1.807) is 0 Å². The SMILES string of the molecule is CCCC1(C(N)=O)c2ccccc2-c2c(CCCCCO)cccc21. The molecule has 0 aliphatic heterocycles. The third-order valence-electron chi connectivity index (χ3n) is 5.42. The number of hydrogen-bond acceptors (Lipinski definition) is 2. The number of aliphatic hydroxyl groups excluding tert-OH is 1. The van der Waals surface area contributed by atoms with Crippen molar-refractivity contribution in [2.24, 2.45) is 5.73 Å². The van der Waals surface area contributed by atoms with E-state index in [-0.39, 0.29) is 12.5 Å². The molecular formula is C22H27NO2. The van der Waals surface area contributed by atoms with E-state index in [0.717, 1.165) is 55.2 Å². The Morgan fingerprint density at radius 2 is 1.80 bits per heavy atom. The molecule has 0 radical (unpaired) electrons. The van der Waals surface area contributed by atoms with Gasteiger partial charge in [0.05, 0.1) is 5.41 Å². The Kier molecular flexibility index (Phi) is 5.24. The van der Waals surface area contributed by atoms with Crippen LogP contribution in [0.4, 0.5) is 0 Å². The third kappa shape index (κ3) is 2.87. The van der Waals surface area contributed by atoms with Crippen molar-refractivity contribution in [3.63, 3.8) is 0 Å². The van der Waals surface area contributed by atoms with Crippen LogP contribution in [0.15, 0.2) is 42.5 Å². The van der Waals surface area contributed by atoms with E-state index < -0.39 is 5.41 Å². The summed E-state index contributed by atoms with van der Waals surface area (Å²) in [5.41, 5.74) is 11.0. The summed E-state index contributed by atoms with van der Waals surface area (Å²) in [6.45, 7) is 2.35. The highest BCUT2D eigenvalue weighted by atomic mass is 16.2. The van der Waals surface area contributed by atoms with E-state index in [1.165, 1.54) is 11.1 Å². The molecule has 2 aromatic rings. The second-order valence-corrected chi connectivity index (χ2v) is 6.94. The molecule has 0 aromatic heterocycles. The highest BCUT2D eigenvalue weighted by molar-refractivity contribution is 6.00. The standard InChI is InChI=1S/C22H27NO2/c1-2-14-22(21(23)25)18-12-6-5-11-17(18)20-16(9-4-3-7-15-24)10-8-13-19(20)22/h5-6,8,10-13,24H,2-4,7,9,14-15H2,1H3,(H2,23,25). The van der Waals surface area contributed by atoms with Crippen molar-refractivity contribution in [3.8, 4) is 11.1 Å². The fourth-order valence-corrected chi connectivity index (χ4v) is 4.34. The Hall–Kier alpha value is -2.13. The van der Waals surface area contributed by atoms with Crippen LogP contribution in [0.5, 0.6) is 0 Å². The summed E-state index contributed by atoms with van der Waals surface area (Å²) in [5, 5.41) is 8.99. The van der Waals surface area contributed by atoms with Gasteiger partial charge in [-0.2, -0.15) is 0 Å². The van der Waals surface area contributed by atoms with Gasteiger partial charge in [0, 0.05) is 6.61 Å². The average Bonchev–Trinajstić information content (AvgIpc) is 2.91. The molecule has 2 aromatic carbocycles. The number of benzene rings is 2. The molecule has 1 aliphatic carbocycles. The van der Waals surface area contributed by atoms with Crippen LogP contribution in [0.1, 0.15) is 55.7 Å². The molecule has 1 unspecified atom stereocenters. The zero-order valence-electron chi connectivity index (χ0n) is 14.9. The molecule has 0 fully saturated rings. The topological polar surface area (TPSA) is 63.3 Å². The molecule has 0 spiro atoms. The quantitative estimate of drug-likeness (QED) is 0.717. The van der Waals surface area contributed by atoms with Crippen LogP contribution in [0.25, 0.3) is 11.1 Å². The summed E-state index contributed by atoms with van der Waals surface area (Å²) in [5.74, 6) is -0.252. The van der Waals surface area contributed by atoms with Crippen molar-refractivity contribution in [1.29, 1.82) is 0 Å². The molecule has 3 N–H and O–H groups in total. The zero-order chi connectivity index (χ0) is 17.9. The van der Waals surface area contributed by atoms with Crippen molar-refractivity contribution in [2.45, 2.75) is 50.9 Å². The van der Waals surface area contributed by atoms with Crippen molar-refractivity contribution in [3.05, 3.63) is 59.2 Å². The highest BCUT2D eigenvalue weighted by Gasteiger charge is 2.47. The van der Waals surface area contributed by atoms with Gasteiger partial charge in [0.15, 0.2) is 0 Å². The number of amides is 1. The summed E-state index contributed by atoms with van der Waals surface area (Å²) in [7, 11) is 0. The highest BCUT2D eigenvalue weighted by Crippen LogP contribution is 2.52. The first-order valence-corrected chi connectivity index (χ1v) is 9.29. The largest absolute Gasteiger partial charge is 0.396 e. The number of carbonyl (C=O) groups excluding carboxylic acids is 1. The van der Waals surface area contributed by atoms with E-state index in [9.17, 15) is 4.79 Å². The minimum absolute atomic E-state index is 0.247. The molecule has 0 bridgehead atoms. The van der Waals surface area contributed by atoms with E-state index in [2.05, 4.69) is 37.3 Å². The lowest BCUT2D eigenvalue weighted by Gasteiger charge is -2.28. The van der Waals surface area contributed by atoms with Crippen LogP contribution >= 0.6 is 0 Å². The van der Waals surface area contributed by atoms with Crippen LogP contribution in [-0.2, 0) is 16.6 Å². The monoisotopic (exact) mass is 337 g/mol. The number of carbonyl (C=O) groups is 1. The molecule has 0 saturated carbocycles. The van der Waals surface area contributed by atoms with Gasteiger partial charge in [0.1, 0.15) is 0 Å². The first kappa shape index (κ1) is 17.7. The number of rotatable bonds is 8. The lowest BCUT2D eigenvalue weighted by atomic mass is 9.74. The Labute approximate surface area is 149 Å². The summed E-state index contributed by atoms with van der Waals surface area (Å²) in [6, 6.07) is 14.5. The van der Waals surface area contributed by atoms with E-state index in [0.29, 0.717) is 0 Å². The maximum Gasteiger partial charge on any atom is 0.232 e. The first-order chi connectivity index (χ1) is 12.2. The molecule has 0 heterocycles. The molecule has 3 rings (SSSR count). The number of fused-ring (bicyclic) bond motifs is 3. The van der Waals surface area contributed by atoms with Crippen molar-refractivity contribution in [2.75, 3.05) is 6.61 Å². The summed E-state index contributed by atoms with van der Waals surface area (Å²) in [4.78, 5) is 12.6. The smallest absolute Gasteiger partial charge is 0.232 e. The van der Waals surface area contributed by atoms with Gasteiger partial charge in [0.25, 0.3) is 0 Å². The van der Waals surface area contributed by atoms with Crippen LogP contribution in [0.3, 0.4) is 0 Å². The normalized spacial score (nSPS) is 18.0. The van der Waals surface area contributed by atoms with Crippen molar-refractivity contribution < 1.29 is 9.90 Å². The van der Waals surface area contributed by atoms with E-state index >= 15 is 0 Å². The van der Waals surface area contributed by atoms with Gasteiger partial charge in [-0.15, -0.1) is 0 Å². The predicted octanol–water partition coefficient (Wildman–Crippen LogP) is 3.94. The van der Waals surface area contributed by atoms with Crippen LogP contribution in [0.2, 0.25) is 0 Å². The van der Waals surface area contributed by atoms with Gasteiger partial charge in [-0.25, -0.2) is 0 Å². The maximum absolute atomic E-state index is 12.6. The van der Waals surface area contributed by atoms with Gasteiger partial charge in [0.2, 0.25) is 5.91 Å². The summed E-state index contributed by atoms with van der Waals surface area (Å²) < 4.78 is 0. The third-order valence-corrected chi connectivity index (χ3v) is 5.42. The lowest BCUT2D eigenvalue weighted by Crippen LogP contribution is -2.40. The molecular weight excluding hydrogens is 310 g/mol. The van der Waals surface area contributed by atoms with Gasteiger partial charge >= 0.3 is 0 Å². The van der Waals surface area contributed by atoms with Crippen LogP contribution < -0.4 is 5.73 Å². The van der Waals surface area contributed by atoms with Crippen LogP contribution in [0, 0.1) is 0 Å². The number of primary amides is 1. The second kappa shape index (κ2) is 7.40. The number of aliphatic hydroxyl groups is 1. The number of hydrogen-bond donors (Lipinski definition) is 2. The molecule has 1 atom stereocenters. The maximum atomic E-state index is 12.6. The Morgan fingerprint density at radius 3 is 2.52 bits per heavy atom. The molecule has 132 valence electrons. The molecule has 3 nitrogen and oxygen atoms in total. The summed E-state index contributed by atoms with van der Waals surface area (Å²) >= 11 is 0. The number of unbranched alkanes of at least 4 members (excludes halogenated alkanes) is 2. The minimum atomic E-state index is -0.707. The molecule has 3 heteroatoms. The first-order valence-electron chi connectivity index (χ1n) is 9.29.